The molecule has 3 atom stereocenters. The summed E-state index contributed by atoms with van der Waals surface area (Å²) >= 11 is 2.91. The molecule has 1 aliphatic rings. The molecule has 118 valence electrons. The molecule has 0 bridgehead atoms. The third kappa shape index (κ3) is 3.36. The number of carbonyl (C=O) groups excluding carboxylic acids is 1. The van der Waals surface area contributed by atoms with E-state index in [9.17, 15) is 9.90 Å². The maximum absolute atomic E-state index is 12.1. The van der Waals surface area contributed by atoms with Crippen LogP contribution in [-0.2, 0) is 11.3 Å². The van der Waals surface area contributed by atoms with Crippen LogP contribution in [-0.4, -0.2) is 39.9 Å². The molecule has 0 spiro atoms. The molecule has 0 unspecified atom stereocenters. The van der Waals surface area contributed by atoms with E-state index in [1.165, 1.54) is 11.3 Å². The predicted octanol–water partition coefficient (Wildman–Crippen LogP) is 1.32. The minimum atomic E-state index is -0.699. The molecule has 0 aromatic carbocycles. The van der Waals surface area contributed by atoms with E-state index >= 15 is 0 Å². The summed E-state index contributed by atoms with van der Waals surface area (Å²) in [4.78, 5) is 17.4. The standard InChI is InChI=1S/C14H16N2O4S2/c17-6-12-10(18)4-11(20-12)14-16-9(7-22-14)13(19)15-5-8-2-1-3-21-8/h1-3,7,10-12,17-18H,4-6H2,(H,15,19)/t10-,11-,12+/m0/s1. The highest BCUT2D eigenvalue weighted by molar-refractivity contribution is 7.10. The van der Waals surface area contributed by atoms with Crippen molar-refractivity contribution in [2.75, 3.05) is 6.61 Å². The number of aromatic nitrogens is 1. The first-order valence-corrected chi connectivity index (χ1v) is 8.63. The Morgan fingerprint density at radius 3 is 3.05 bits per heavy atom. The lowest BCUT2D eigenvalue weighted by atomic mass is 10.1. The molecule has 1 saturated heterocycles. The van der Waals surface area contributed by atoms with E-state index in [-0.39, 0.29) is 18.6 Å². The average Bonchev–Trinajstić information content (AvgIpc) is 3.24. The first-order chi connectivity index (χ1) is 10.7. The lowest BCUT2D eigenvalue weighted by Gasteiger charge is -2.09. The minimum Gasteiger partial charge on any atom is -0.394 e. The van der Waals surface area contributed by atoms with Crippen molar-refractivity contribution < 1.29 is 19.7 Å². The zero-order valence-corrected chi connectivity index (χ0v) is 13.3. The second kappa shape index (κ2) is 6.84. The van der Waals surface area contributed by atoms with Crippen molar-refractivity contribution in [3.63, 3.8) is 0 Å². The number of ether oxygens (including phenoxy) is 1. The molecule has 2 aromatic heterocycles. The highest BCUT2D eigenvalue weighted by atomic mass is 32.1. The Hall–Kier alpha value is -1.32. The zero-order chi connectivity index (χ0) is 15.5. The van der Waals surface area contributed by atoms with E-state index in [1.54, 1.807) is 16.7 Å². The Kier molecular flexibility index (Phi) is 4.84. The summed E-state index contributed by atoms with van der Waals surface area (Å²) in [7, 11) is 0. The number of nitrogens with one attached hydrogen (secondary N) is 1. The van der Waals surface area contributed by atoms with Crippen LogP contribution >= 0.6 is 22.7 Å². The molecular formula is C14H16N2O4S2. The molecule has 3 rings (SSSR count). The highest BCUT2D eigenvalue weighted by Crippen LogP contribution is 2.34. The summed E-state index contributed by atoms with van der Waals surface area (Å²) in [6.07, 6.45) is -1.26. The Morgan fingerprint density at radius 1 is 1.50 bits per heavy atom. The molecule has 3 N–H and O–H groups in total. The van der Waals surface area contributed by atoms with Crippen LogP contribution in [0, 0.1) is 0 Å². The van der Waals surface area contributed by atoms with Gasteiger partial charge in [0, 0.05) is 16.7 Å². The molecule has 6 nitrogen and oxygen atoms in total. The molecule has 3 heterocycles. The van der Waals surface area contributed by atoms with Gasteiger partial charge >= 0.3 is 0 Å². The van der Waals surface area contributed by atoms with Crippen molar-refractivity contribution in [1.82, 2.24) is 10.3 Å². The van der Waals surface area contributed by atoms with E-state index in [2.05, 4.69) is 10.3 Å². The first-order valence-electron chi connectivity index (χ1n) is 6.87. The largest absolute Gasteiger partial charge is 0.394 e. The number of aliphatic hydroxyl groups excluding tert-OH is 2. The normalized spacial score (nSPS) is 24.5. The summed E-state index contributed by atoms with van der Waals surface area (Å²) in [6, 6.07) is 3.90. The number of hydrogen-bond acceptors (Lipinski definition) is 7. The van der Waals surface area contributed by atoms with Crippen LogP contribution in [0.4, 0.5) is 0 Å². The number of thiophene rings is 1. The fraction of sp³-hybridized carbons (Fsp3) is 0.429. The predicted molar refractivity (Wildman–Crippen MR) is 82.9 cm³/mol. The van der Waals surface area contributed by atoms with Gasteiger partial charge < -0.3 is 20.3 Å². The van der Waals surface area contributed by atoms with Gasteiger partial charge in [-0.2, -0.15) is 0 Å². The third-order valence-electron chi connectivity index (χ3n) is 3.44. The van der Waals surface area contributed by atoms with E-state index in [4.69, 9.17) is 9.84 Å². The third-order valence-corrected chi connectivity index (χ3v) is 5.25. The fourth-order valence-corrected chi connectivity index (χ4v) is 3.75. The number of aliphatic hydroxyl groups is 2. The number of thiazole rings is 1. The van der Waals surface area contributed by atoms with Gasteiger partial charge in [0.05, 0.1) is 19.3 Å². The van der Waals surface area contributed by atoms with Gasteiger partial charge in [0.1, 0.15) is 22.9 Å². The van der Waals surface area contributed by atoms with E-state index in [0.29, 0.717) is 23.7 Å². The van der Waals surface area contributed by atoms with E-state index < -0.39 is 12.2 Å². The van der Waals surface area contributed by atoms with Gasteiger partial charge in [-0.05, 0) is 11.4 Å². The molecule has 2 aromatic rings. The summed E-state index contributed by atoms with van der Waals surface area (Å²) in [6.45, 7) is 0.256. The van der Waals surface area contributed by atoms with Gasteiger partial charge in [-0.3, -0.25) is 4.79 Å². The molecule has 8 heteroatoms. The van der Waals surface area contributed by atoms with E-state index in [0.717, 1.165) is 4.88 Å². The van der Waals surface area contributed by atoms with Crippen LogP contribution in [0.5, 0.6) is 0 Å². The Labute approximate surface area is 135 Å². The SMILES string of the molecule is O=C(NCc1cccs1)c1csc([C@@H]2C[C@H](O)[C@@H](CO)O2)n1. The molecule has 1 fully saturated rings. The summed E-state index contributed by atoms with van der Waals surface area (Å²) < 4.78 is 5.54. The highest BCUT2D eigenvalue weighted by Gasteiger charge is 2.36. The number of carbonyl (C=O) groups is 1. The number of amides is 1. The second-order valence-electron chi connectivity index (χ2n) is 4.98. The number of hydrogen-bond donors (Lipinski definition) is 3. The van der Waals surface area contributed by atoms with Crippen molar-refractivity contribution in [3.8, 4) is 0 Å². The van der Waals surface area contributed by atoms with Gasteiger partial charge in [-0.1, -0.05) is 6.07 Å². The van der Waals surface area contributed by atoms with Crippen LogP contribution in [0.25, 0.3) is 0 Å². The maximum atomic E-state index is 12.1. The monoisotopic (exact) mass is 340 g/mol. The molecule has 0 aliphatic carbocycles. The van der Waals surface area contributed by atoms with Crippen LogP contribution < -0.4 is 5.32 Å². The molecular weight excluding hydrogens is 324 g/mol. The van der Waals surface area contributed by atoms with Crippen molar-refractivity contribution in [3.05, 3.63) is 38.5 Å². The number of rotatable bonds is 5. The van der Waals surface area contributed by atoms with Gasteiger partial charge in [0.2, 0.25) is 0 Å². The maximum Gasteiger partial charge on any atom is 0.271 e. The van der Waals surface area contributed by atoms with Crippen molar-refractivity contribution in [1.29, 1.82) is 0 Å². The first kappa shape index (κ1) is 15.6. The molecule has 0 saturated carbocycles. The number of nitrogens with zero attached hydrogens (tertiary/aromatic N) is 1. The summed E-state index contributed by atoms with van der Waals surface area (Å²) in [5.41, 5.74) is 0.349. The van der Waals surface area contributed by atoms with Crippen molar-refractivity contribution in [2.24, 2.45) is 0 Å². The fourth-order valence-electron chi connectivity index (χ4n) is 2.26. The molecule has 1 amide bonds. The second-order valence-corrected chi connectivity index (χ2v) is 6.90. The quantitative estimate of drug-likeness (QED) is 0.763. The van der Waals surface area contributed by atoms with Crippen LogP contribution in [0.2, 0.25) is 0 Å². The molecule has 22 heavy (non-hydrogen) atoms. The molecule has 0 radical (unpaired) electrons. The van der Waals surface area contributed by atoms with Crippen LogP contribution in [0.15, 0.2) is 22.9 Å². The van der Waals surface area contributed by atoms with Gasteiger partial charge in [-0.25, -0.2) is 4.98 Å². The van der Waals surface area contributed by atoms with Gasteiger partial charge in [0.15, 0.2) is 0 Å². The van der Waals surface area contributed by atoms with Crippen LogP contribution in [0.3, 0.4) is 0 Å². The Bertz CT molecular complexity index is 629. The lowest BCUT2D eigenvalue weighted by molar-refractivity contribution is -0.0226. The Balaban J connectivity index is 1.60. The lowest BCUT2D eigenvalue weighted by Crippen LogP contribution is -2.24. The van der Waals surface area contributed by atoms with Crippen molar-refractivity contribution in [2.45, 2.75) is 31.3 Å². The summed E-state index contributed by atoms with van der Waals surface area (Å²) in [5, 5.41) is 25.9. The smallest absolute Gasteiger partial charge is 0.271 e. The van der Waals surface area contributed by atoms with Crippen molar-refractivity contribution >= 4 is 28.6 Å². The van der Waals surface area contributed by atoms with E-state index in [1.807, 2.05) is 17.5 Å². The Morgan fingerprint density at radius 2 is 2.36 bits per heavy atom. The van der Waals surface area contributed by atoms with Gasteiger partial charge in [0.25, 0.3) is 5.91 Å². The average molecular weight is 340 g/mol. The zero-order valence-electron chi connectivity index (χ0n) is 11.6. The topological polar surface area (TPSA) is 91.7 Å². The minimum absolute atomic E-state index is 0.225. The van der Waals surface area contributed by atoms with Gasteiger partial charge in [-0.15, -0.1) is 22.7 Å². The van der Waals surface area contributed by atoms with Crippen LogP contribution in [0.1, 0.15) is 32.9 Å². The summed E-state index contributed by atoms with van der Waals surface area (Å²) in [5.74, 6) is -0.229. The molecule has 1 aliphatic heterocycles.